The molecule has 0 aromatic heterocycles. The maximum Gasteiger partial charge on any atom is 0.0540 e. The molecule has 15 rings (SSSR count). The summed E-state index contributed by atoms with van der Waals surface area (Å²) in [6, 6.07) is 95.6. The van der Waals surface area contributed by atoms with Crippen molar-refractivity contribution in [2.75, 3.05) is 9.80 Å². The molecule has 0 saturated carbocycles. The number of benzene rings is 12. The number of anilines is 6. The Bertz CT molecular complexity index is 4460. The average Bonchev–Trinajstić information content (AvgIpc) is 4.01. The van der Waals surface area contributed by atoms with Crippen molar-refractivity contribution in [1.29, 1.82) is 0 Å². The van der Waals surface area contributed by atoms with Gasteiger partial charge < -0.3 is 9.80 Å². The van der Waals surface area contributed by atoms with Crippen molar-refractivity contribution in [2.24, 2.45) is 0 Å². The van der Waals surface area contributed by atoms with E-state index in [0.29, 0.717) is 0 Å². The van der Waals surface area contributed by atoms with Crippen molar-refractivity contribution in [2.45, 2.75) is 57.8 Å². The molecule has 378 valence electrons. The summed E-state index contributed by atoms with van der Waals surface area (Å²) in [6.45, 7) is 14.4. The Hall–Kier alpha value is -9.24. The van der Waals surface area contributed by atoms with Gasteiger partial charge in [0.05, 0.1) is 11.4 Å². The number of nitrogens with zero attached hydrogens (tertiary/aromatic N) is 2. The van der Waals surface area contributed by atoms with Gasteiger partial charge in [-0.15, -0.1) is 0 Å². The summed E-state index contributed by atoms with van der Waals surface area (Å²) >= 11 is 0. The third-order valence-corrected chi connectivity index (χ3v) is 18.2. The van der Waals surface area contributed by atoms with Crippen LogP contribution < -0.4 is 9.80 Å². The van der Waals surface area contributed by atoms with Gasteiger partial charge in [0.15, 0.2) is 0 Å². The Morgan fingerprint density at radius 2 is 0.608 bits per heavy atom. The summed E-state index contributed by atoms with van der Waals surface area (Å²) in [6.07, 6.45) is 0. The van der Waals surface area contributed by atoms with E-state index in [4.69, 9.17) is 0 Å². The van der Waals surface area contributed by atoms with Crippen LogP contribution in [-0.2, 0) is 16.2 Å². The third-order valence-electron chi connectivity index (χ3n) is 18.2. The molecule has 3 aliphatic carbocycles. The monoisotopic (exact) mass is 1010 g/mol. The summed E-state index contributed by atoms with van der Waals surface area (Å²) in [4.78, 5) is 5.01. The largest absolute Gasteiger partial charge is 0.310 e. The van der Waals surface area contributed by atoms with Crippen LogP contribution in [0.3, 0.4) is 0 Å². The minimum absolute atomic E-state index is 0.145. The van der Waals surface area contributed by atoms with E-state index in [0.717, 1.165) is 34.1 Å². The summed E-state index contributed by atoms with van der Waals surface area (Å²) in [5.41, 5.74) is 27.0. The van der Waals surface area contributed by atoms with Gasteiger partial charge in [-0.05, 0) is 166 Å². The first kappa shape index (κ1) is 47.0. The fraction of sp³-hybridized carbons (Fsp3) is 0.117. The van der Waals surface area contributed by atoms with Crippen LogP contribution in [0.15, 0.2) is 255 Å². The molecule has 2 heteroatoms. The van der Waals surface area contributed by atoms with Crippen LogP contribution in [0.4, 0.5) is 34.1 Å². The molecule has 0 amide bonds. The number of hydrogen-bond donors (Lipinski definition) is 0. The Kier molecular flexibility index (Phi) is 10.3. The van der Waals surface area contributed by atoms with Gasteiger partial charge in [-0.2, -0.15) is 0 Å². The van der Waals surface area contributed by atoms with E-state index in [2.05, 4.69) is 306 Å². The predicted molar refractivity (Wildman–Crippen MR) is 334 cm³/mol. The van der Waals surface area contributed by atoms with Crippen molar-refractivity contribution >= 4 is 55.7 Å². The van der Waals surface area contributed by atoms with Crippen LogP contribution in [0.2, 0.25) is 0 Å². The van der Waals surface area contributed by atoms with Crippen LogP contribution in [-0.4, -0.2) is 0 Å². The number of fused-ring (bicyclic) bond motifs is 10. The SMILES string of the molecule is CC1(C)c2ccccc2-c2ccc(N(c3ccc4c(c3)C(C)(C)c3cccc5c3c-4cc3ccc(N(c4ccc6c(c4)C(C)(C)c4ccccc4-6)c4ccccc4-c4ccccc4)cc35)c3ccccc3-c3ccccc3)cc21. The van der Waals surface area contributed by atoms with E-state index in [1.165, 1.54) is 111 Å². The van der Waals surface area contributed by atoms with E-state index in [-0.39, 0.29) is 16.2 Å². The number of rotatable bonds is 8. The second kappa shape index (κ2) is 17.4. The average molecular weight is 1010 g/mol. The standard InChI is InChI=1S/C77H60N2/c1-75(2)66-31-17-13-28-58(66)60-41-38-53(46-69(60)75)78(72-34-19-15-26-56(72)49-22-9-7-10-23-49)52-37-36-51-44-65-62-43-40-55(48-71(62)77(5,6)68-33-21-30-63(74(65)68)64(51)45-52)79(73-35-20-16-27-57(73)50-24-11-8-12-25-50)54-39-42-61-59-29-14-18-32-67(59)76(3,4)70(61)47-54/h7-48H,1-6H3. The summed E-state index contributed by atoms with van der Waals surface area (Å²) < 4.78 is 0. The molecular weight excluding hydrogens is 953 g/mol. The first-order valence-electron chi connectivity index (χ1n) is 28.0. The van der Waals surface area contributed by atoms with Gasteiger partial charge >= 0.3 is 0 Å². The summed E-state index contributed by atoms with van der Waals surface area (Å²) in [5.74, 6) is 0. The Labute approximate surface area is 464 Å². The van der Waals surface area contributed by atoms with Gasteiger partial charge in [0.2, 0.25) is 0 Å². The minimum Gasteiger partial charge on any atom is -0.310 e. The predicted octanol–water partition coefficient (Wildman–Crippen LogP) is 21.2. The molecule has 0 unspecified atom stereocenters. The molecule has 79 heavy (non-hydrogen) atoms. The second-order valence-electron chi connectivity index (χ2n) is 23.7. The van der Waals surface area contributed by atoms with Gasteiger partial charge in [0.25, 0.3) is 0 Å². The topological polar surface area (TPSA) is 6.48 Å². The summed E-state index contributed by atoms with van der Waals surface area (Å²) in [5, 5.41) is 5.07. The Morgan fingerprint density at radius 1 is 0.241 bits per heavy atom. The lowest BCUT2D eigenvalue weighted by atomic mass is 9.68. The summed E-state index contributed by atoms with van der Waals surface area (Å²) in [7, 11) is 0. The molecule has 0 N–H and O–H groups in total. The van der Waals surface area contributed by atoms with E-state index in [1.54, 1.807) is 0 Å². The lowest BCUT2D eigenvalue weighted by Crippen LogP contribution is -2.24. The van der Waals surface area contributed by atoms with Gasteiger partial charge in [-0.25, -0.2) is 0 Å². The molecule has 12 aromatic carbocycles. The van der Waals surface area contributed by atoms with E-state index >= 15 is 0 Å². The van der Waals surface area contributed by atoms with Gasteiger partial charge in [0.1, 0.15) is 0 Å². The zero-order valence-corrected chi connectivity index (χ0v) is 45.6. The maximum absolute atomic E-state index is 2.51. The molecule has 0 spiro atoms. The highest BCUT2D eigenvalue weighted by Crippen LogP contribution is 2.56. The fourth-order valence-electron chi connectivity index (χ4n) is 14.2. The zero-order chi connectivity index (χ0) is 53.4. The maximum atomic E-state index is 2.51. The molecule has 0 heterocycles. The first-order chi connectivity index (χ1) is 38.5. The normalized spacial score (nSPS) is 14.5. The highest BCUT2D eigenvalue weighted by molar-refractivity contribution is 6.18. The van der Waals surface area contributed by atoms with Crippen LogP contribution in [0, 0.1) is 0 Å². The zero-order valence-electron chi connectivity index (χ0n) is 45.6. The molecule has 0 saturated heterocycles. The Balaban J connectivity index is 0.905. The molecule has 12 aromatic rings. The third kappa shape index (κ3) is 7.03. The second-order valence-corrected chi connectivity index (χ2v) is 23.7. The van der Waals surface area contributed by atoms with Crippen molar-refractivity contribution in [3.05, 3.63) is 288 Å². The van der Waals surface area contributed by atoms with Crippen molar-refractivity contribution < 1.29 is 0 Å². The Morgan fingerprint density at radius 3 is 1.10 bits per heavy atom. The number of hydrogen-bond acceptors (Lipinski definition) is 2. The smallest absolute Gasteiger partial charge is 0.0540 e. The fourth-order valence-corrected chi connectivity index (χ4v) is 14.2. The van der Waals surface area contributed by atoms with Crippen molar-refractivity contribution in [3.63, 3.8) is 0 Å². The molecule has 0 aliphatic heterocycles. The molecule has 0 fully saturated rings. The molecule has 2 nitrogen and oxygen atoms in total. The van der Waals surface area contributed by atoms with Gasteiger partial charge in [0, 0.05) is 50.1 Å². The van der Waals surface area contributed by atoms with Crippen molar-refractivity contribution in [3.8, 4) is 55.6 Å². The minimum atomic E-state index is -0.329. The molecule has 0 bridgehead atoms. The molecule has 3 aliphatic rings. The quantitative estimate of drug-likeness (QED) is 0.140. The van der Waals surface area contributed by atoms with Crippen LogP contribution >= 0.6 is 0 Å². The van der Waals surface area contributed by atoms with Crippen LogP contribution in [0.1, 0.15) is 74.9 Å². The highest BCUT2D eigenvalue weighted by atomic mass is 15.2. The van der Waals surface area contributed by atoms with Crippen molar-refractivity contribution in [1.82, 2.24) is 0 Å². The van der Waals surface area contributed by atoms with E-state index < -0.39 is 0 Å². The first-order valence-corrected chi connectivity index (χ1v) is 28.0. The van der Waals surface area contributed by atoms with E-state index in [1.807, 2.05) is 0 Å². The molecule has 0 atom stereocenters. The highest BCUT2D eigenvalue weighted by Gasteiger charge is 2.39. The molecule has 0 radical (unpaired) electrons. The lowest BCUT2D eigenvalue weighted by Gasteiger charge is -2.37. The molecular formula is C77H60N2. The van der Waals surface area contributed by atoms with Gasteiger partial charge in [-0.3, -0.25) is 0 Å². The van der Waals surface area contributed by atoms with Gasteiger partial charge in [-0.1, -0.05) is 230 Å². The van der Waals surface area contributed by atoms with Crippen LogP contribution in [0.5, 0.6) is 0 Å². The lowest BCUT2D eigenvalue weighted by molar-refractivity contribution is 0.645. The van der Waals surface area contributed by atoms with E-state index in [9.17, 15) is 0 Å². The van der Waals surface area contributed by atoms with Crippen LogP contribution in [0.25, 0.3) is 77.2 Å². The number of para-hydroxylation sites is 2.